The molecule has 3 aromatic rings. The normalized spacial score (nSPS) is 14.5. The van der Waals surface area contributed by atoms with Crippen molar-refractivity contribution in [2.75, 3.05) is 6.61 Å². The van der Waals surface area contributed by atoms with E-state index >= 15 is 0 Å². The van der Waals surface area contributed by atoms with Gasteiger partial charge in [0.15, 0.2) is 6.61 Å². The van der Waals surface area contributed by atoms with Gasteiger partial charge in [0.25, 0.3) is 5.91 Å². The number of halogens is 2. The minimum atomic E-state index is -0.690. The van der Waals surface area contributed by atoms with Crippen LogP contribution in [0.3, 0.4) is 0 Å². The first-order chi connectivity index (χ1) is 18.0. The van der Waals surface area contributed by atoms with Crippen molar-refractivity contribution in [1.29, 1.82) is 0 Å². The van der Waals surface area contributed by atoms with Gasteiger partial charge in [-0.25, -0.2) is 0 Å². The summed E-state index contributed by atoms with van der Waals surface area (Å²) in [6.45, 7) is 0.0723. The van der Waals surface area contributed by atoms with Crippen molar-refractivity contribution in [3.05, 3.63) is 99.5 Å². The Balaban J connectivity index is 1.60. The summed E-state index contributed by atoms with van der Waals surface area (Å²) in [7, 11) is 0. The first-order valence-electron chi connectivity index (χ1n) is 12.7. The van der Waals surface area contributed by atoms with Gasteiger partial charge in [-0.1, -0.05) is 89.3 Å². The summed E-state index contributed by atoms with van der Waals surface area (Å²) in [4.78, 5) is 29.1. The van der Waals surface area contributed by atoms with E-state index in [1.54, 1.807) is 23.1 Å². The van der Waals surface area contributed by atoms with Crippen molar-refractivity contribution in [1.82, 2.24) is 10.2 Å². The molecule has 1 N–H and O–H groups in total. The van der Waals surface area contributed by atoms with E-state index in [1.165, 1.54) is 6.42 Å². The average Bonchev–Trinajstić information content (AvgIpc) is 2.91. The molecule has 0 spiro atoms. The second-order valence-electron chi connectivity index (χ2n) is 9.44. The SMILES string of the molecule is O=C(NC1CCCCC1)[C@@H](Cc1ccccc1)N(Cc1cccc(Cl)c1)C(=O)COc1ccc(Br)cc1. The van der Waals surface area contributed by atoms with Gasteiger partial charge in [0.05, 0.1) is 0 Å². The summed E-state index contributed by atoms with van der Waals surface area (Å²) in [5.41, 5.74) is 1.84. The Morgan fingerprint density at radius 1 is 0.946 bits per heavy atom. The summed E-state index contributed by atoms with van der Waals surface area (Å²) < 4.78 is 6.75. The Kier molecular flexibility index (Phi) is 10.0. The van der Waals surface area contributed by atoms with Crippen molar-refractivity contribution < 1.29 is 14.3 Å². The monoisotopic (exact) mass is 582 g/mol. The predicted molar refractivity (Wildman–Crippen MR) is 151 cm³/mol. The van der Waals surface area contributed by atoms with E-state index in [1.807, 2.05) is 60.7 Å². The molecule has 5 nitrogen and oxygen atoms in total. The molecule has 1 aliphatic rings. The zero-order chi connectivity index (χ0) is 26.0. The van der Waals surface area contributed by atoms with Gasteiger partial charge in [-0.3, -0.25) is 9.59 Å². The zero-order valence-corrected chi connectivity index (χ0v) is 23.1. The Bertz CT molecular complexity index is 1170. The summed E-state index contributed by atoms with van der Waals surface area (Å²) in [6, 6.07) is 24.0. The molecular formula is C30H32BrClN2O3. The van der Waals surface area contributed by atoms with Gasteiger partial charge in [-0.15, -0.1) is 0 Å². The van der Waals surface area contributed by atoms with Crippen molar-refractivity contribution in [3.63, 3.8) is 0 Å². The predicted octanol–water partition coefficient (Wildman–Crippen LogP) is 6.57. The molecule has 1 atom stereocenters. The van der Waals surface area contributed by atoms with Crippen LogP contribution in [0.15, 0.2) is 83.3 Å². The van der Waals surface area contributed by atoms with Crippen LogP contribution in [0.2, 0.25) is 5.02 Å². The summed E-state index contributed by atoms with van der Waals surface area (Å²) >= 11 is 9.66. The van der Waals surface area contributed by atoms with E-state index in [9.17, 15) is 9.59 Å². The van der Waals surface area contributed by atoms with E-state index in [0.29, 0.717) is 17.2 Å². The molecule has 2 amide bonds. The molecule has 7 heteroatoms. The van der Waals surface area contributed by atoms with Crippen LogP contribution in [-0.2, 0) is 22.6 Å². The highest BCUT2D eigenvalue weighted by Gasteiger charge is 2.32. The maximum Gasteiger partial charge on any atom is 0.261 e. The molecule has 3 aromatic carbocycles. The van der Waals surface area contributed by atoms with Crippen molar-refractivity contribution in [2.45, 2.75) is 57.2 Å². The van der Waals surface area contributed by atoms with Crippen molar-refractivity contribution in [3.8, 4) is 5.75 Å². The number of amides is 2. The molecule has 37 heavy (non-hydrogen) atoms. The Labute approximate surface area is 232 Å². The Hall–Kier alpha value is -2.83. The number of hydrogen-bond donors (Lipinski definition) is 1. The fraction of sp³-hybridized carbons (Fsp3) is 0.333. The second-order valence-corrected chi connectivity index (χ2v) is 10.8. The van der Waals surface area contributed by atoms with E-state index < -0.39 is 6.04 Å². The zero-order valence-electron chi connectivity index (χ0n) is 20.7. The van der Waals surface area contributed by atoms with Gasteiger partial charge in [-0.05, 0) is 60.4 Å². The number of carbonyl (C=O) groups is 2. The van der Waals surface area contributed by atoms with Crippen LogP contribution in [0.1, 0.15) is 43.2 Å². The van der Waals surface area contributed by atoms with Gasteiger partial charge < -0.3 is 15.0 Å². The lowest BCUT2D eigenvalue weighted by Gasteiger charge is -2.33. The molecule has 0 radical (unpaired) electrons. The summed E-state index contributed by atoms with van der Waals surface area (Å²) in [5, 5.41) is 3.83. The van der Waals surface area contributed by atoms with Crippen LogP contribution < -0.4 is 10.1 Å². The highest BCUT2D eigenvalue weighted by Crippen LogP contribution is 2.21. The molecule has 0 aromatic heterocycles. The Morgan fingerprint density at radius 3 is 2.35 bits per heavy atom. The number of hydrogen-bond acceptors (Lipinski definition) is 3. The standard InChI is InChI=1S/C30H32BrClN2O3/c31-24-14-16-27(17-15-24)37-21-29(35)34(20-23-10-7-11-25(32)18-23)28(19-22-8-3-1-4-9-22)30(36)33-26-12-5-2-6-13-26/h1,3-4,7-11,14-18,26,28H,2,5-6,12-13,19-21H2,(H,33,36)/t28-/m1/s1. The Morgan fingerprint density at radius 2 is 1.65 bits per heavy atom. The van der Waals surface area contributed by atoms with Crippen LogP contribution in [0.5, 0.6) is 5.75 Å². The third kappa shape index (κ3) is 8.34. The fourth-order valence-corrected chi connectivity index (χ4v) is 5.17. The number of benzene rings is 3. The summed E-state index contributed by atoms with van der Waals surface area (Å²) in [5.74, 6) is 0.197. The van der Waals surface area contributed by atoms with Gasteiger partial charge in [-0.2, -0.15) is 0 Å². The maximum atomic E-state index is 13.8. The minimum Gasteiger partial charge on any atom is -0.484 e. The van der Waals surface area contributed by atoms with Crippen LogP contribution >= 0.6 is 27.5 Å². The van der Waals surface area contributed by atoms with Gasteiger partial charge >= 0.3 is 0 Å². The third-order valence-electron chi connectivity index (χ3n) is 6.64. The number of nitrogens with one attached hydrogen (secondary N) is 1. The highest BCUT2D eigenvalue weighted by atomic mass is 79.9. The molecule has 194 valence electrons. The molecule has 0 heterocycles. The van der Waals surface area contributed by atoms with Crippen LogP contribution in [-0.4, -0.2) is 35.4 Å². The molecule has 1 saturated carbocycles. The lowest BCUT2D eigenvalue weighted by atomic mass is 9.94. The number of nitrogens with zero attached hydrogens (tertiary/aromatic N) is 1. The molecule has 1 aliphatic carbocycles. The lowest BCUT2D eigenvalue weighted by molar-refractivity contribution is -0.143. The largest absolute Gasteiger partial charge is 0.484 e. The van der Waals surface area contributed by atoms with Crippen molar-refractivity contribution in [2.24, 2.45) is 0 Å². The van der Waals surface area contributed by atoms with Crippen LogP contribution in [0.25, 0.3) is 0 Å². The van der Waals surface area contributed by atoms with E-state index in [-0.39, 0.29) is 31.0 Å². The van der Waals surface area contributed by atoms with Crippen LogP contribution in [0.4, 0.5) is 0 Å². The molecule has 1 fully saturated rings. The first-order valence-corrected chi connectivity index (χ1v) is 13.9. The van der Waals surface area contributed by atoms with Gasteiger partial charge in [0, 0.05) is 28.5 Å². The third-order valence-corrected chi connectivity index (χ3v) is 7.40. The number of rotatable bonds is 10. The molecular weight excluding hydrogens is 552 g/mol. The topological polar surface area (TPSA) is 58.6 Å². The maximum absolute atomic E-state index is 13.8. The highest BCUT2D eigenvalue weighted by molar-refractivity contribution is 9.10. The van der Waals surface area contributed by atoms with Crippen LogP contribution in [0, 0.1) is 0 Å². The quantitative estimate of drug-likeness (QED) is 0.294. The molecule has 0 saturated heterocycles. The molecule has 4 rings (SSSR count). The lowest BCUT2D eigenvalue weighted by Crippen LogP contribution is -2.53. The molecule has 0 bridgehead atoms. The summed E-state index contributed by atoms with van der Waals surface area (Å²) in [6.07, 6.45) is 5.77. The first kappa shape index (κ1) is 27.2. The average molecular weight is 584 g/mol. The molecule has 0 unspecified atom stereocenters. The van der Waals surface area contributed by atoms with Crippen molar-refractivity contribution >= 4 is 39.3 Å². The van der Waals surface area contributed by atoms with E-state index in [2.05, 4.69) is 21.2 Å². The fourth-order valence-electron chi connectivity index (χ4n) is 4.69. The van der Waals surface area contributed by atoms with E-state index in [0.717, 1.165) is 41.3 Å². The number of ether oxygens (including phenoxy) is 1. The smallest absolute Gasteiger partial charge is 0.261 e. The molecule has 0 aliphatic heterocycles. The van der Waals surface area contributed by atoms with Gasteiger partial charge in [0.1, 0.15) is 11.8 Å². The van der Waals surface area contributed by atoms with E-state index in [4.69, 9.17) is 16.3 Å². The van der Waals surface area contributed by atoms with Gasteiger partial charge in [0.2, 0.25) is 5.91 Å². The number of carbonyl (C=O) groups excluding carboxylic acids is 2. The second kappa shape index (κ2) is 13.6. The minimum absolute atomic E-state index is 0.130.